The molecular formula is C52H60N4OPt. The molecule has 7 rings (SSSR count). The van der Waals surface area contributed by atoms with Crippen LogP contribution in [0, 0.1) is 49.7 Å². The van der Waals surface area contributed by atoms with Crippen LogP contribution in [0.15, 0.2) is 85.3 Å². The van der Waals surface area contributed by atoms with Crippen molar-refractivity contribution in [1.29, 1.82) is 0 Å². The molecule has 0 unspecified atom stereocenters. The average Bonchev–Trinajstić information content (AvgIpc) is 3.78. The van der Waals surface area contributed by atoms with Crippen LogP contribution in [0.2, 0.25) is 0 Å². The van der Waals surface area contributed by atoms with Crippen molar-refractivity contribution < 1.29 is 25.8 Å². The van der Waals surface area contributed by atoms with Crippen LogP contribution < -0.4 is 4.74 Å². The molecule has 0 aliphatic carbocycles. The number of aryl methyl sites for hydroxylation is 1. The smallest absolute Gasteiger partial charge is 0.509 e. The van der Waals surface area contributed by atoms with Crippen molar-refractivity contribution in [3.05, 3.63) is 131 Å². The molecule has 7 aromatic rings. The maximum Gasteiger partial charge on any atom is 2.00 e. The van der Waals surface area contributed by atoms with E-state index in [-0.39, 0.29) is 31.9 Å². The first-order valence-electron chi connectivity index (χ1n) is 20.8. The summed E-state index contributed by atoms with van der Waals surface area (Å²) in [5, 5.41) is 7.22. The molecule has 0 bridgehead atoms. The molecule has 0 atom stereocenters. The molecule has 58 heavy (non-hydrogen) atoms. The Morgan fingerprint density at radius 1 is 0.724 bits per heavy atom. The summed E-state index contributed by atoms with van der Waals surface area (Å²) in [6.45, 7) is 25.5. The molecule has 3 heterocycles. The van der Waals surface area contributed by atoms with Crippen molar-refractivity contribution in [3.8, 4) is 34.1 Å². The maximum absolute atomic E-state index is 6.54. The van der Waals surface area contributed by atoms with E-state index in [4.69, 9.17) is 14.8 Å². The molecule has 3 aromatic heterocycles. The normalized spacial score (nSPS) is 12.1. The molecule has 0 radical (unpaired) electrons. The Hall–Kier alpha value is -4.47. The number of fused-ring (bicyclic) bond motifs is 3. The van der Waals surface area contributed by atoms with E-state index in [9.17, 15) is 0 Å². The molecular weight excluding hydrogens is 892 g/mol. The molecule has 0 spiro atoms. The third-order valence-corrected chi connectivity index (χ3v) is 11.6. The second-order valence-electron chi connectivity index (χ2n) is 18.9. The number of pyridine rings is 1. The summed E-state index contributed by atoms with van der Waals surface area (Å²) in [5.74, 6) is 2.76. The number of hydrogen-bond donors (Lipinski definition) is 0. The number of ether oxygens (including phenoxy) is 1. The first-order chi connectivity index (χ1) is 27.1. The molecule has 6 heteroatoms. The second kappa shape index (κ2) is 17.4. The summed E-state index contributed by atoms with van der Waals surface area (Å²) >= 11 is 0. The first-order valence-corrected chi connectivity index (χ1v) is 20.8. The molecule has 304 valence electrons. The molecule has 0 aliphatic heterocycles. The van der Waals surface area contributed by atoms with E-state index >= 15 is 0 Å². The predicted octanol–water partition coefficient (Wildman–Crippen LogP) is 13.9. The van der Waals surface area contributed by atoms with Gasteiger partial charge in [-0.1, -0.05) is 79.1 Å². The van der Waals surface area contributed by atoms with Crippen molar-refractivity contribution >= 4 is 21.8 Å². The molecule has 0 amide bonds. The van der Waals surface area contributed by atoms with Gasteiger partial charge < -0.3 is 9.30 Å². The minimum atomic E-state index is 0. The van der Waals surface area contributed by atoms with Gasteiger partial charge in [0.2, 0.25) is 0 Å². The van der Waals surface area contributed by atoms with Gasteiger partial charge in [-0.25, -0.2) is 4.98 Å². The van der Waals surface area contributed by atoms with Gasteiger partial charge >= 0.3 is 21.1 Å². The van der Waals surface area contributed by atoms with E-state index in [0.717, 1.165) is 77.4 Å². The largest absolute Gasteiger partial charge is 2.00 e. The summed E-state index contributed by atoms with van der Waals surface area (Å²) in [7, 11) is 0. The van der Waals surface area contributed by atoms with Crippen LogP contribution in [0.1, 0.15) is 108 Å². The van der Waals surface area contributed by atoms with E-state index in [1.807, 2.05) is 41.3 Å². The third kappa shape index (κ3) is 9.52. The predicted molar refractivity (Wildman–Crippen MR) is 238 cm³/mol. The Morgan fingerprint density at radius 3 is 2.07 bits per heavy atom. The van der Waals surface area contributed by atoms with Crippen LogP contribution in [0.25, 0.3) is 44.4 Å². The number of aromatic nitrogens is 4. The first kappa shape index (κ1) is 43.1. The molecule has 0 saturated heterocycles. The van der Waals surface area contributed by atoms with Gasteiger partial charge in [-0.05, 0) is 144 Å². The Bertz CT molecular complexity index is 2500. The Balaban J connectivity index is 0.00000567. The fourth-order valence-electron chi connectivity index (χ4n) is 7.96. The van der Waals surface area contributed by atoms with Crippen molar-refractivity contribution in [2.45, 2.75) is 115 Å². The van der Waals surface area contributed by atoms with E-state index in [1.165, 1.54) is 38.9 Å². The minimum Gasteiger partial charge on any atom is -0.509 e. The van der Waals surface area contributed by atoms with Crippen LogP contribution in [0.4, 0.5) is 0 Å². The SMILES string of the molecule is Cc1c(C)c(CCC(C)(C)C)c(-c2cnn(-c3[c-]c(Oc4[c-]c5c(cc4)c4ccccc4n5-c4cc(CCC(C)C)ccn4)ccc3)c2)c(CCC(C)(C)C)c1C.[Pt+2]. The van der Waals surface area contributed by atoms with E-state index in [2.05, 4.69) is 142 Å². The summed E-state index contributed by atoms with van der Waals surface area (Å²) in [6.07, 6.45) is 12.6. The number of para-hydroxylation sites is 1. The van der Waals surface area contributed by atoms with Crippen LogP contribution in [0.5, 0.6) is 11.5 Å². The molecule has 0 saturated carbocycles. The standard InChI is InChI=1S/C52H60N4O.Pt/c1-34(2)19-20-38-25-28-53-49(29-38)56-47-18-13-12-17-45(47)46-22-21-42(31-48(46)56)57-41-16-14-15-40(30-41)55-33-39(32-54-55)50-43(23-26-51(6,7)8)36(4)35(3)37(5)44(50)24-27-52(9,10)11;/h12-18,21-22,25,28-29,32-34H,19-20,23-24,26-27H2,1-11H3;/q-2;+2. The van der Waals surface area contributed by atoms with Gasteiger partial charge in [0.1, 0.15) is 5.82 Å². The molecule has 5 nitrogen and oxygen atoms in total. The fraction of sp³-hybridized carbons (Fsp3) is 0.385. The number of rotatable bonds is 12. The van der Waals surface area contributed by atoms with Crippen LogP contribution in [-0.2, 0) is 40.3 Å². The van der Waals surface area contributed by atoms with Crippen LogP contribution in [-0.4, -0.2) is 19.3 Å². The van der Waals surface area contributed by atoms with Crippen LogP contribution >= 0.6 is 0 Å². The van der Waals surface area contributed by atoms with E-state index in [0.29, 0.717) is 17.4 Å². The van der Waals surface area contributed by atoms with Crippen molar-refractivity contribution in [1.82, 2.24) is 19.3 Å². The van der Waals surface area contributed by atoms with Gasteiger partial charge in [0.15, 0.2) is 0 Å². The topological polar surface area (TPSA) is 44.9 Å². The fourth-order valence-corrected chi connectivity index (χ4v) is 7.96. The summed E-state index contributed by atoms with van der Waals surface area (Å²) in [5.41, 5.74) is 14.3. The zero-order chi connectivity index (χ0) is 40.6. The molecule has 0 aliphatic rings. The van der Waals surface area contributed by atoms with E-state index < -0.39 is 0 Å². The van der Waals surface area contributed by atoms with Gasteiger partial charge in [-0.2, -0.15) is 17.2 Å². The number of nitrogens with zero attached hydrogens (tertiary/aromatic N) is 4. The number of benzene rings is 4. The van der Waals surface area contributed by atoms with Gasteiger partial charge in [0, 0.05) is 35.0 Å². The van der Waals surface area contributed by atoms with Crippen LogP contribution in [0.3, 0.4) is 0 Å². The Kier molecular flexibility index (Phi) is 12.9. The molecule has 0 N–H and O–H groups in total. The number of hydrogen-bond acceptors (Lipinski definition) is 3. The van der Waals surface area contributed by atoms with Crippen molar-refractivity contribution in [3.63, 3.8) is 0 Å². The zero-order valence-electron chi connectivity index (χ0n) is 36.4. The summed E-state index contributed by atoms with van der Waals surface area (Å²) < 4.78 is 10.7. The molecule has 0 fully saturated rings. The van der Waals surface area contributed by atoms with E-state index in [1.54, 1.807) is 0 Å². The molecule has 4 aromatic carbocycles. The average molecular weight is 952 g/mol. The monoisotopic (exact) mass is 951 g/mol. The van der Waals surface area contributed by atoms with Gasteiger partial charge in [-0.15, -0.1) is 35.7 Å². The van der Waals surface area contributed by atoms with Gasteiger partial charge in [0.25, 0.3) is 0 Å². The second-order valence-corrected chi connectivity index (χ2v) is 18.9. The maximum atomic E-state index is 6.54. The van der Waals surface area contributed by atoms with Gasteiger partial charge in [0.05, 0.1) is 6.20 Å². The Morgan fingerprint density at radius 2 is 1.40 bits per heavy atom. The quantitative estimate of drug-likeness (QED) is 0.115. The van der Waals surface area contributed by atoms with Crippen molar-refractivity contribution in [2.75, 3.05) is 0 Å². The minimum absolute atomic E-state index is 0. The summed E-state index contributed by atoms with van der Waals surface area (Å²) in [6, 6.07) is 30.1. The van der Waals surface area contributed by atoms with Gasteiger partial charge in [-0.3, -0.25) is 4.68 Å². The Labute approximate surface area is 361 Å². The zero-order valence-corrected chi connectivity index (χ0v) is 38.7. The summed E-state index contributed by atoms with van der Waals surface area (Å²) in [4.78, 5) is 4.84. The third-order valence-electron chi connectivity index (χ3n) is 11.6. The van der Waals surface area contributed by atoms with Crippen molar-refractivity contribution in [2.24, 2.45) is 16.7 Å².